The summed E-state index contributed by atoms with van der Waals surface area (Å²) in [6.07, 6.45) is 4.64. The monoisotopic (exact) mass is 293 g/mol. The van der Waals surface area contributed by atoms with Crippen molar-refractivity contribution in [3.8, 4) is 5.75 Å². The molecular weight excluding hydrogens is 274 g/mol. The van der Waals surface area contributed by atoms with Crippen molar-refractivity contribution in [2.24, 2.45) is 11.5 Å². The third kappa shape index (κ3) is 3.69. The highest BCUT2D eigenvalue weighted by molar-refractivity contribution is 5.96. The van der Waals surface area contributed by atoms with Crippen LogP contribution in [-0.4, -0.2) is 23.0 Å². The van der Waals surface area contributed by atoms with Gasteiger partial charge in [-0.25, -0.2) is 0 Å². The summed E-state index contributed by atoms with van der Waals surface area (Å²) in [5.41, 5.74) is 11.2. The van der Waals surface area contributed by atoms with Crippen molar-refractivity contribution in [2.75, 3.05) is 0 Å². The lowest BCUT2D eigenvalue weighted by molar-refractivity contribution is -0.384. The Hall–Kier alpha value is -2.15. The van der Waals surface area contributed by atoms with Gasteiger partial charge in [-0.2, -0.15) is 0 Å². The lowest BCUT2D eigenvalue weighted by atomic mass is 10.1. The van der Waals surface area contributed by atoms with E-state index in [4.69, 9.17) is 16.2 Å². The minimum absolute atomic E-state index is 0.0145. The smallest absolute Gasteiger partial charge is 0.270 e. The van der Waals surface area contributed by atoms with E-state index in [1.54, 1.807) is 0 Å². The maximum absolute atomic E-state index is 11.5. The Kier molecular flexibility index (Phi) is 4.74. The maximum atomic E-state index is 11.5. The van der Waals surface area contributed by atoms with Crippen LogP contribution in [0.4, 0.5) is 5.69 Å². The van der Waals surface area contributed by atoms with Crippen LogP contribution in [0, 0.1) is 10.1 Å². The van der Waals surface area contributed by atoms with Crippen molar-refractivity contribution >= 4 is 11.6 Å². The molecular formula is C14H19N3O4. The number of primary amides is 1. The molecule has 7 nitrogen and oxygen atoms in total. The Morgan fingerprint density at radius 2 is 2.00 bits per heavy atom. The molecule has 1 aliphatic carbocycles. The fourth-order valence-electron chi connectivity index (χ4n) is 2.54. The van der Waals surface area contributed by atoms with E-state index in [0.717, 1.165) is 38.2 Å². The predicted molar refractivity (Wildman–Crippen MR) is 77.1 cm³/mol. The van der Waals surface area contributed by atoms with Crippen molar-refractivity contribution < 1.29 is 14.5 Å². The molecule has 0 aromatic heterocycles. The Labute approximate surface area is 122 Å². The van der Waals surface area contributed by atoms with E-state index in [0.29, 0.717) is 0 Å². The first-order chi connectivity index (χ1) is 9.99. The summed E-state index contributed by atoms with van der Waals surface area (Å²) in [7, 11) is 0. The molecule has 1 saturated carbocycles. The molecule has 0 aliphatic heterocycles. The van der Waals surface area contributed by atoms with Crippen LogP contribution in [0.25, 0.3) is 0 Å². The maximum Gasteiger partial charge on any atom is 0.270 e. The van der Waals surface area contributed by atoms with Gasteiger partial charge in [-0.3, -0.25) is 14.9 Å². The molecule has 0 spiro atoms. The molecule has 1 aliphatic rings. The Bertz CT molecular complexity index is 547. The number of nitrogens with two attached hydrogens (primary N) is 2. The van der Waals surface area contributed by atoms with E-state index in [1.165, 1.54) is 12.1 Å². The van der Waals surface area contributed by atoms with Gasteiger partial charge in [-0.15, -0.1) is 0 Å². The number of carbonyl (C=O) groups is 1. The summed E-state index contributed by atoms with van der Waals surface area (Å²) in [5, 5.41) is 10.8. The topological polar surface area (TPSA) is 121 Å². The van der Waals surface area contributed by atoms with Gasteiger partial charge in [0, 0.05) is 18.2 Å². The van der Waals surface area contributed by atoms with Crippen molar-refractivity contribution in [1.29, 1.82) is 0 Å². The van der Waals surface area contributed by atoms with Crippen LogP contribution >= 0.6 is 0 Å². The first-order valence-electron chi connectivity index (χ1n) is 6.99. The number of hydrogen-bond donors (Lipinski definition) is 2. The Morgan fingerprint density at radius 1 is 1.29 bits per heavy atom. The largest absolute Gasteiger partial charge is 0.488 e. The van der Waals surface area contributed by atoms with E-state index in [9.17, 15) is 14.9 Å². The average Bonchev–Trinajstić information content (AvgIpc) is 2.64. The predicted octanol–water partition coefficient (Wildman–Crippen LogP) is 1.73. The third-order valence-corrected chi connectivity index (χ3v) is 3.72. The molecule has 2 atom stereocenters. The fraction of sp³-hybridized carbons (Fsp3) is 0.500. The van der Waals surface area contributed by atoms with E-state index < -0.39 is 10.8 Å². The first-order valence-corrected chi connectivity index (χ1v) is 6.99. The van der Waals surface area contributed by atoms with Crippen molar-refractivity contribution in [1.82, 2.24) is 0 Å². The van der Waals surface area contributed by atoms with Gasteiger partial charge in [0.05, 0.1) is 10.5 Å². The number of benzene rings is 1. The number of nitro groups is 1. The summed E-state index contributed by atoms with van der Waals surface area (Å²) >= 11 is 0. The molecule has 0 heterocycles. The van der Waals surface area contributed by atoms with Crippen LogP contribution in [0.15, 0.2) is 18.2 Å². The number of carbonyl (C=O) groups excluding carboxylic acids is 1. The SMILES string of the molecule is NC(=O)c1cc([N+](=O)[O-])ccc1OC1CCCCCC1N. The summed E-state index contributed by atoms with van der Waals surface area (Å²) in [5.74, 6) is -0.494. The molecule has 2 unspecified atom stereocenters. The first kappa shape index (κ1) is 15.2. The second-order valence-electron chi connectivity index (χ2n) is 5.26. The summed E-state index contributed by atoms with van der Waals surface area (Å²) < 4.78 is 5.83. The number of nitrogens with zero attached hydrogens (tertiary/aromatic N) is 1. The van der Waals surface area contributed by atoms with Gasteiger partial charge in [-0.1, -0.05) is 12.8 Å². The van der Waals surface area contributed by atoms with Gasteiger partial charge < -0.3 is 16.2 Å². The number of rotatable bonds is 4. The van der Waals surface area contributed by atoms with Crippen molar-refractivity contribution in [2.45, 2.75) is 44.2 Å². The highest BCUT2D eigenvalue weighted by Crippen LogP contribution is 2.28. The molecule has 0 saturated heterocycles. The number of amides is 1. The standard InChI is InChI=1S/C14H19N3O4/c15-11-4-2-1-3-5-13(11)21-12-7-6-9(17(19)20)8-10(12)14(16)18/h6-8,11,13H,1-5,15H2,(H2,16,18). The van der Waals surface area contributed by atoms with E-state index >= 15 is 0 Å². The summed E-state index contributed by atoms with van der Waals surface area (Å²) in [4.78, 5) is 21.7. The second kappa shape index (κ2) is 6.53. The zero-order valence-electron chi connectivity index (χ0n) is 11.7. The van der Waals surface area contributed by atoms with Crippen molar-refractivity contribution in [3.05, 3.63) is 33.9 Å². The highest BCUT2D eigenvalue weighted by atomic mass is 16.6. The van der Waals surface area contributed by atoms with E-state index in [2.05, 4.69) is 0 Å². The normalized spacial score (nSPS) is 22.3. The molecule has 114 valence electrons. The zero-order valence-corrected chi connectivity index (χ0v) is 11.7. The van der Waals surface area contributed by atoms with Crippen LogP contribution in [0.5, 0.6) is 5.75 Å². The fourth-order valence-corrected chi connectivity index (χ4v) is 2.54. The Morgan fingerprint density at radius 3 is 2.67 bits per heavy atom. The quantitative estimate of drug-likeness (QED) is 0.497. The lowest BCUT2D eigenvalue weighted by Gasteiger charge is -2.23. The third-order valence-electron chi connectivity index (χ3n) is 3.72. The molecule has 1 aromatic rings. The number of hydrogen-bond acceptors (Lipinski definition) is 5. The molecule has 4 N–H and O–H groups in total. The van der Waals surface area contributed by atoms with Gasteiger partial charge in [0.1, 0.15) is 11.9 Å². The molecule has 21 heavy (non-hydrogen) atoms. The van der Waals surface area contributed by atoms with Crippen LogP contribution in [0.2, 0.25) is 0 Å². The highest BCUT2D eigenvalue weighted by Gasteiger charge is 2.24. The molecule has 0 radical (unpaired) electrons. The van der Waals surface area contributed by atoms with Crippen molar-refractivity contribution in [3.63, 3.8) is 0 Å². The molecule has 1 fully saturated rings. The molecule has 2 rings (SSSR count). The number of non-ortho nitro benzene ring substituents is 1. The van der Waals surface area contributed by atoms with Crippen LogP contribution in [0.1, 0.15) is 42.5 Å². The molecule has 1 aromatic carbocycles. The Balaban J connectivity index is 2.26. The molecule has 0 bridgehead atoms. The lowest BCUT2D eigenvalue weighted by Crippen LogP contribution is -2.38. The van der Waals surface area contributed by atoms with Crippen LogP contribution in [-0.2, 0) is 0 Å². The van der Waals surface area contributed by atoms with Gasteiger partial charge in [0.2, 0.25) is 0 Å². The zero-order chi connectivity index (χ0) is 15.4. The minimum atomic E-state index is -0.754. The van der Waals surface area contributed by atoms with E-state index in [-0.39, 0.29) is 29.1 Å². The number of ether oxygens (including phenoxy) is 1. The van der Waals surface area contributed by atoms with Gasteiger partial charge in [0.25, 0.3) is 11.6 Å². The van der Waals surface area contributed by atoms with Gasteiger partial charge >= 0.3 is 0 Å². The molecule has 1 amide bonds. The van der Waals surface area contributed by atoms with Gasteiger partial charge in [0.15, 0.2) is 0 Å². The number of nitro benzene ring substituents is 1. The summed E-state index contributed by atoms with van der Waals surface area (Å²) in [6.45, 7) is 0. The van der Waals surface area contributed by atoms with Crippen LogP contribution < -0.4 is 16.2 Å². The van der Waals surface area contributed by atoms with E-state index in [1.807, 2.05) is 0 Å². The van der Waals surface area contributed by atoms with Crippen LogP contribution in [0.3, 0.4) is 0 Å². The average molecular weight is 293 g/mol. The van der Waals surface area contributed by atoms with Gasteiger partial charge in [-0.05, 0) is 25.3 Å². The minimum Gasteiger partial charge on any atom is -0.488 e. The second-order valence-corrected chi connectivity index (χ2v) is 5.26. The molecule has 7 heteroatoms. The summed E-state index contributed by atoms with van der Waals surface area (Å²) in [6, 6.07) is 3.74.